The van der Waals surface area contributed by atoms with Gasteiger partial charge in [-0.1, -0.05) is 0 Å². The Morgan fingerprint density at radius 1 is 1.56 bits per heavy atom. The normalized spacial score (nSPS) is 10.2. The summed E-state index contributed by atoms with van der Waals surface area (Å²) in [5.41, 5.74) is 5.19. The van der Waals surface area contributed by atoms with Gasteiger partial charge in [0.05, 0.1) is 11.3 Å². The summed E-state index contributed by atoms with van der Waals surface area (Å²) in [7, 11) is 0. The molecule has 94 valence electrons. The molecule has 0 fully saturated rings. The highest BCUT2D eigenvalue weighted by atomic mass is 16.6. The van der Waals surface area contributed by atoms with Crippen LogP contribution in [-0.2, 0) is 6.54 Å². The molecular weight excluding hydrogens is 238 g/mol. The first-order valence-corrected chi connectivity index (χ1v) is 5.13. The highest BCUT2D eigenvalue weighted by Crippen LogP contribution is 2.20. The topological polar surface area (TPSA) is 125 Å². The highest BCUT2D eigenvalue weighted by Gasteiger charge is 2.15. The van der Waals surface area contributed by atoms with Gasteiger partial charge in [-0.25, -0.2) is 9.97 Å². The summed E-state index contributed by atoms with van der Waals surface area (Å²) in [5.74, 6) is 0.110. The monoisotopic (exact) mass is 249 g/mol. The molecule has 2 aromatic rings. The number of nitrogens with one attached hydrogen (secondary N) is 1. The lowest BCUT2D eigenvalue weighted by Gasteiger charge is -2.06. The van der Waals surface area contributed by atoms with Crippen molar-refractivity contribution >= 4 is 17.5 Å². The Kier molecular flexibility index (Phi) is 3.32. The predicted molar refractivity (Wildman–Crippen MR) is 63.8 cm³/mol. The fourth-order valence-electron chi connectivity index (χ4n) is 1.38. The molecule has 9 nitrogen and oxygen atoms in total. The van der Waals surface area contributed by atoms with Gasteiger partial charge in [0.1, 0.15) is 6.20 Å². The van der Waals surface area contributed by atoms with E-state index < -0.39 is 4.92 Å². The molecule has 0 aromatic carbocycles. The van der Waals surface area contributed by atoms with E-state index in [4.69, 9.17) is 5.73 Å². The smallest absolute Gasteiger partial charge is 0.329 e. The summed E-state index contributed by atoms with van der Waals surface area (Å²) >= 11 is 0. The Bertz CT molecular complexity index is 540. The van der Waals surface area contributed by atoms with Crippen LogP contribution in [-0.4, -0.2) is 31.0 Å². The Morgan fingerprint density at radius 3 is 3.06 bits per heavy atom. The maximum atomic E-state index is 10.8. The fourth-order valence-corrected chi connectivity index (χ4v) is 1.38. The van der Waals surface area contributed by atoms with E-state index in [1.54, 1.807) is 18.7 Å². The van der Waals surface area contributed by atoms with Gasteiger partial charge in [0.2, 0.25) is 11.8 Å². The number of hydrogen-bond acceptors (Lipinski definition) is 7. The van der Waals surface area contributed by atoms with Crippen LogP contribution in [0.3, 0.4) is 0 Å². The largest absolute Gasteiger partial charge is 0.368 e. The molecule has 2 heterocycles. The van der Waals surface area contributed by atoms with Crippen LogP contribution in [0.15, 0.2) is 24.9 Å². The summed E-state index contributed by atoms with van der Waals surface area (Å²) in [6, 6.07) is 0. The second kappa shape index (κ2) is 5.08. The molecule has 9 heteroatoms. The van der Waals surface area contributed by atoms with Gasteiger partial charge in [0.15, 0.2) is 0 Å². The standard InChI is InChI=1S/C9H11N7O2/c10-9-13-5-7(16(17)18)8(14-9)12-2-4-15-3-1-11-6-15/h1,3,5-6H,2,4H2,(H3,10,12,13,14). The van der Waals surface area contributed by atoms with Crippen LogP contribution in [0.25, 0.3) is 0 Å². The lowest BCUT2D eigenvalue weighted by atomic mass is 10.4. The Morgan fingerprint density at radius 2 is 2.39 bits per heavy atom. The average Bonchev–Trinajstić information content (AvgIpc) is 2.82. The number of nitrogen functional groups attached to an aromatic ring is 1. The maximum absolute atomic E-state index is 10.8. The van der Waals surface area contributed by atoms with Gasteiger partial charge >= 0.3 is 5.69 Å². The minimum absolute atomic E-state index is 0.00858. The molecule has 3 N–H and O–H groups in total. The van der Waals surface area contributed by atoms with Gasteiger partial charge in [0, 0.05) is 25.5 Å². The maximum Gasteiger partial charge on any atom is 0.329 e. The van der Waals surface area contributed by atoms with E-state index in [9.17, 15) is 10.1 Å². The zero-order chi connectivity index (χ0) is 13.0. The quantitative estimate of drug-likeness (QED) is 0.575. The van der Waals surface area contributed by atoms with Crippen molar-refractivity contribution in [1.82, 2.24) is 19.5 Å². The van der Waals surface area contributed by atoms with E-state index in [0.29, 0.717) is 13.1 Å². The number of rotatable bonds is 5. The zero-order valence-electron chi connectivity index (χ0n) is 9.35. The lowest BCUT2D eigenvalue weighted by Crippen LogP contribution is -2.12. The number of aromatic nitrogens is 4. The van der Waals surface area contributed by atoms with E-state index in [2.05, 4.69) is 20.3 Å². The van der Waals surface area contributed by atoms with Crippen molar-refractivity contribution in [1.29, 1.82) is 0 Å². The van der Waals surface area contributed by atoms with Gasteiger partial charge in [-0.2, -0.15) is 4.98 Å². The first kappa shape index (κ1) is 11.8. The van der Waals surface area contributed by atoms with E-state index in [0.717, 1.165) is 6.20 Å². The third kappa shape index (κ3) is 2.70. The molecule has 0 aliphatic heterocycles. The summed E-state index contributed by atoms with van der Waals surface area (Å²) in [6.07, 6.45) is 6.20. The van der Waals surface area contributed by atoms with Gasteiger partial charge in [-0.15, -0.1) is 0 Å². The summed E-state index contributed by atoms with van der Waals surface area (Å²) in [6.45, 7) is 1.08. The fraction of sp³-hybridized carbons (Fsp3) is 0.222. The Hall–Kier alpha value is -2.71. The van der Waals surface area contributed by atoms with E-state index in [1.165, 1.54) is 0 Å². The number of nitrogens with two attached hydrogens (primary N) is 1. The van der Waals surface area contributed by atoms with Crippen molar-refractivity contribution in [3.63, 3.8) is 0 Å². The van der Waals surface area contributed by atoms with E-state index in [-0.39, 0.29) is 17.5 Å². The SMILES string of the molecule is Nc1ncc([N+](=O)[O-])c(NCCn2ccnc2)n1. The van der Waals surface area contributed by atoms with Gasteiger partial charge in [-0.3, -0.25) is 10.1 Å². The van der Waals surface area contributed by atoms with Crippen molar-refractivity contribution in [2.24, 2.45) is 0 Å². The molecule has 0 spiro atoms. The number of hydrogen-bond donors (Lipinski definition) is 2. The molecule has 0 aliphatic carbocycles. The van der Waals surface area contributed by atoms with Gasteiger partial charge in [0.25, 0.3) is 0 Å². The van der Waals surface area contributed by atoms with Crippen LogP contribution in [0.1, 0.15) is 0 Å². The zero-order valence-corrected chi connectivity index (χ0v) is 9.35. The highest BCUT2D eigenvalue weighted by molar-refractivity contribution is 5.56. The van der Waals surface area contributed by atoms with Crippen molar-refractivity contribution in [3.05, 3.63) is 35.0 Å². The summed E-state index contributed by atoms with van der Waals surface area (Å²) < 4.78 is 1.84. The molecule has 18 heavy (non-hydrogen) atoms. The molecule has 0 bridgehead atoms. The van der Waals surface area contributed by atoms with Crippen molar-refractivity contribution in [3.8, 4) is 0 Å². The van der Waals surface area contributed by atoms with Crippen LogP contribution < -0.4 is 11.1 Å². The Balaban J connectivity index is 2.03. The molecule has 2 aromatic heterocycles. The lowest BCUT2D eigenvalue weighted by molar-refractivity contribution is -0.384. The molecular formula is C9H11N7O2. The third-order valence-corrected chi connectivity index (χ3v) is 2.21. The van der Waals surface area contributed by atoms with Crippen molar-refractivity contribution in [2.45, 2.75) is 6.54 Å². The summed E-state index contributed by atoms with van der Waals surface area (Å²) in [5, 5.41) is 13.6. The van der Waals surface area contributed by atoms with Gasteiger partial charge < -0.3 is 15.6 Å². The van der Waals surface area contributed by atoms with Crippen LogP contribution in [0.5, 0.6) is 0 Å². The number of anilines is 2. The number of imidazole rings is 1. The van der Waals surface area contributed by atoms with Crippen LogP contribution in [0, 0.1) is 10.1 Å². The van der Waals surface area contributed by atoms with Crippen molar-refractivity contribution < 1.29 is 4.92 Å². The molecule has 0 radical (unpaired) electrons. The van der Waals surface area contributed by atoms with Crippen LogP contribution in [0.4, 0.5) is 17.5 Å². The molecule has 0 unspecified atom stereocenters. The molecule has 0 atom stereocenters. The second-order valence-electron chi connectivity index (χ2n) is 3.45. The minimum atomic E-state index is -0.557. The van der Waals surface area contributed by atoms with E-state index >= 15 is 0 Å². The molecule has 2 rings (SSSR count). The first-order chi connectivity index (χ1) is 8.66. The second-order valence-corrected chi connectivity index (χ2v) is 3.45. The van der Waals surface area contributed by atoms with Gasteiger partial charge in [-0.05, 0) is 0 Å². The summed E-state index contributed by atoms with van der Waals surface area (Å²) in [4.78, 5) is 21.5. The van der Waals surface area contributed by atoms with E-state index in [1.807, 2.05) is 4.57 Å². The third-order valence-electron chi connectivity index (χ3n) is 2.21. The van der Waals surface area contributed by atoms with Crippen molar-refractivity contribution in [2.75, 3.05) is 17.6 Å². The predicted octanol–water partition coefficient (Wildman–Crippen LogP) is 0.276. The van der Waals surface area contributed by atoms with Crippen LogP contribution in [0.2, 0.25) is 0 Å². The minimum Gasteiger partial charge on any atom is -0.368 e. The van der Waals surface area contributed by atoms with Crippen LogP contribution >= 0.6 is 0 Å². The molecule has 0 saturated carbocycles. The average molecular weight is 249 g/mol. The number of nitro groups is 1. The molecule has 0 aliphatic rings. The molecule has 0 amide bonds. The molecule has 0 saturated heterocycles. The number of nitrogens with zero attached hydrogens (tertiary/aromatic N) is 5. The Labute approximate surface area is 102 Å². The first-order valence-electron chi connectivity index (χ1n) is 5.13.